The van der Waals surface area contributed by atoms with E-state index in [9.17, 15) is 9.59 Å². The van der Waals surface area contributed by atoms with E-state index in [2.05, 4.69) is 5.32 Å². The fraction of sp³-hybridized carbons (Fsp3) is 0.429. The van der Waals surface area contributed by atoms with Gasteiger partial charge >= 0.3 is 12.1 Å². The van der Waals surface area contributed by atoms with Crippen LogP contribution in [0.25, 0.3) is 0 Å². The largest absolute Gasteiger partial charge is 0.481 e. The van der Waals surface area contributed by atoms with E-state index in [0.717, 1.165) is 11.1 Å². The molecule has 2 N–H and O–H groups in total. The number of carboxylic acid groups (broad SMARTS) is 1. The van der Waals surface area contributed by atoms with Gasteiger partial charge in [0.2, 0.25) is 0 Å². The number of carbonyl (C=O) groups is 2. The molecule has 0 radical (unpaired) electrons. The maximum atomic E-state index is 11.5. The fourth-order valence-corrected chi connectivity index (χ4v) is 2.63. The first kappa shape index (κ1) is 16.4. The van der Waals surface area contributed by atoms with Crippen LogP contribution in [0.3, 0.4) is 0 Å². The summed E-state index contributed by atoms with van der Waals surface area (Å²) in [6, 6.07) is 3.63. The molecule has 0 aliphatic rings. The van der Waals surface area contributed by atoms with Gasteiger partial charge in [-0.15, -0.1) is 11.8 Å². The molecule has 0 fully saturated rings. The van der Waals surface area contributed by atoms with Crippen molar-refractivity contribution in [3.63, 3.8) is 0 Å². The molecular weight excluding hydrogens is 278 g/mol. The molecule has 0 atom stereocenters. The van der Waals surface area contributed by atoms with Crippen LogP contribution in [0.5, 0.6) is 5.75 Å². The predicted molar refractivity (Wildman–Crippen MR) is 78.6 cm³/mol. The molecule has 0 spiro atoms. The molecule has 1 aromatic rings. The quantitative estimate of drug-likeness (QED) is 0.623. The summed E-state index contributed by atoms with van der Waals surface area (Å²) >= 11 is 1.66. The van der Waals surface area contributed by atoms with E-state index >= 15 is 0 Å². The smallest absolute Gasteiger partial charge is 0.412 e. The maximum Gasteiger partial charge on any atom is 0.412 e. The van der Waals surface area contributed by atoms with Gasteiger partial charge in [-0.05, 0) is 49.8 Å². The van der Waals surface area contributed by atoms with E-state index < -0.39 is 12.1 Å². The molecule has 110 valence electrons. The zero-order chi connectivity index (χ0) is 15.1. The number of ether oxygens (including phenoxy) is 1. The average molecular weight is 297 g/mol. The van der Waals surface area contributed by atoms with Crippen molar-refractivity contribution >= 4 is 23.8 Å². The van der Waals surface area contributed by atoms with Crippen molar-refractivity contribution in [2.45, 2.75) is 31.6 Å². The minimum absolute atomic E-state index is 0.0287. The van der Waals surface area contributed by atoms with Gasteiger partial charge in [0.1, 0.15) is 5.75 Å². The summed E-state index contributed by atoms with van der Waals surface area (Å²) in [6.07, 6.45) is 1.85. The summed E-state index contributed by atoms with van der Waals surface area (Å²) in [5, 5.41) is 11.0. The first-order valence-electron chi connectivity index (χ1n) is 6.26. The number of carboxylic acids is 1. The molecule has 0 saturated carbocycles. The summed E-state index contributed by atoms with van der Waals surface area (Å²) in [5.74, 6) is -0.382. The zero-order valence-corrected chi connectivity index (χ0v) is 12.7. The van der Waals surface area contributed by atoms with Crippen molar-refractivity contribution in [1.82, 2.24) is 5.32 Å². The summed E-state index contributed by atoms with van der Waals surface area (Å²) in [5.41, 5.74) is 2.12. The first-order valence-corrected chi connectivity index (χ1v) is 7.49. The lowest BCUT2D eigenvalue weighted by Crippen LogP contribution is -2.28. The van der Waals surface area contributed by atoms with Crippen molar-refractivity contribution < 1.29 is 19.4 Å². The number of rotatable bonds is 6. The summed E-state index contributed by atoms with van der Waals surface area (Å²) in [6.45, 7) is 4.22. The Morgan fingerprint density at radius 1 is 1.30 bits per heavy atom. The summed E-state index contributed by atoms with van der Waals surface area (Å²) in [4.78, 5) is 23.1. The Hall–Kier alpha value is -1.69. The predicted octanol–water partition coefficient (Wildman–Crippen LogP) is 2.98. The minimum Gasteiger partial charge on any atom is -0.481 e. The Balaban J connectivity index is 2.52. The van der Waals surface area contributed by atoms with Crippen molar-refractivity contribution in [2.24, 2.45) is 0 Å². The molecule has 1 aromatic carbocycles. The van der Waals surface area contributed by atoms with Gasteiger partial charge in [-0.2, -0.15) is 0 Å². The van der Waals surface area contributed by atoms with Gasteiger partial charge in [-0.3, -0.25) is 4.79 Å². The highest BCUT2D eigenvalue weighted by molar-refractivity contribution is 7.98. The lowest BCUT2D eigenvalue weighted by molar-refractivity contribution is -0.137. The highest BCUT2D eigenvalue weighted by Gasteiger charge is 2.08. The number of amides is 1. The number of aliphatic carboxylic acids is 1. The average Bonchev–Trinajstić information content (AvgIpc) is 2.34. The summed E-state index contributed by atoms with van der Waals surface area (Å²) < 4.78 is 5.18. The fourth-order valence-electron chi connectivity index (χ4n) is 1.86. The highest BCUT2D eigenvalue weighted by Crippen LogP contribution is 2.28. The summed E-state index contributed by atoms with van der Waals surface area (Å²) in [7, 11) is 0. The Morgan fingerprint density at radius 3 is 2.40 bits per heavy atom. The van der Waals surface area contributed by atoms with Gasteiger partial charge in [-0.1, -0.05) is 0 Å². The molecule has 1 rings (SSSR count). The van der Waals surface area contributed by atoms with Crippen molar-refractivity contribution in [2.75, 3.05) is 12.8 Å². The Morgan fingerprint density at radius 2 is 1.90 bits per heavy atom. The van der Waals surface area contributed by atoms with Gasteiger partial charge in [0.25, 0.3) is 0 Å². The van der Waals surface area contributed by atoms with Gasteiger partial charge in [0.15, 0.2) is 0 Å². The SMILES string of the molecule is CSc1c(C)cc(OC(=O)NCCCC(=O)O)cc1C. The van der Waals surface area contributed by atoms with Gasteiger partial charge in [0, 0.05) is 17.9 Å². The van der Waals surface area contributed by atoms with Crippen LogP contribution in [0.2, 0.25) is 0 Å². The van der Waals surface area contributed by atoms with Crippen molar-refractivity contribution in [3.8, 4) is 5.75 Å². The second kappa shape index (κ2) is 7.79. The number of carbonyl (C=O) groups excluding carboxylic acids is 1. The van der Waals surface area contributed by atoms with E-state index in [1.807, 2.05) is 32.2 Å². The van der Waals surface area contributed by atoms with Crippen molar-refractivity contribution in [1.29, 1.82) is 0 Å². The Kier molecular flexibility index (Phi) is 6.38. The molecule has 0 bridgehead atoms. The van der Waals surface area contributed by atoms with Gasteiger partial charge in [-0.25, -0.2) is 4.79 Å². The number of hydrogen-bond donors (Lipinski definition) is 2. The van der Waals surface area contributed by atoms with Crippen LogP contribution in [0.15, 0.2) is 17.0 Å². The zero-order valence-electron chi connectivity index (χ0n) is 11.9. The molecule has 5 nitrogen and oxygen atoms in total. The van der Waals surface area contributed by atoms with E-state index in [1.165, 1.54) is 4.90 Å². The van der Waals surface area contributed by atoms with E-state index in [1.54, 1.807) is 11.8 Å². The number of aryl methyl sites for hydroxylation is 2. The molecule has 0 heterocycles. The maximum absolute atomic E-state index is 11.5. The molecule has 0 saturated heterocycles. The second-order valence-corrected chi connectivity index (χ2v) is 5.22. The van der Waals surface area contributed by atoms with Gasteiger partial charge < -0.3 is 15.2 Å². The monoisotopic (exact) mass is 297 g/mol. The van der Waals surface area contributed by atoms with Crippen LogP contribution in [-0.4, -0.2) is 30.0 Å². The highest BCUT2D eigenvalue weighted by atomic mass is 32.2. The van der Waals surface area contributed by atoms with Crippen LogP contribution < -0.4 is 10.1 Å². The number of nitrogens with one attached hydrogen (secondary N) is 1. The standard InChI is InChI=1S/C14H19NO4S/c1-9-7-11(8-10(2)13(9)20-3)19-14(18)15-6-4-5-12(16)17/h7-8H,4-6H2,1-3H3,(H,15,18)(H,16,17). The molecule has 0 aliphatic heterocycles. The molecule has 6 heteroatoms. The molecule has 0 unspecified atom stereocenters. The molecule has 0 aromatic heterocycles. The number of benzene rings is 1. The Bertz CT molecular complexity index is 479. The second-order valence-electron chi connectivity index (χ2n) is 4.40. The molecule has 0 aliphatic carbocycles. The molecule has 20 heavy (non-hydrogen) atoms. The van der Waals surface area contributed by atoms with Crippen LogP contribution in [0.4, 0.5) is 4.79 Å². The number of hydrogen-bond acceptors (Lipinski definition) is 4. The van der Waals surface area contributed by atoms with E-state index in [4.69, 9.17) is 9.84 Å². The lowest BCUT2D eigenvalue weighted by atomic mass is 10.1. The third-order valence-electron chi connectivity index (χ3n) is 2.69. The third-order valence-corrected chi connectivity index (χ3v) is 3.74. The van der Waals surface area contributed by atoms with Crippen LogP contribution in [-0.2, 0) is 4.79 Å². The first-order chi connectivity index (χ1) is 9.43. The molecular formula is C14H19NO4S. The topological polar surface area (TPSA) is 75.6 Å². The van der Waals surface area contributed by atoms with E-state index in [-0.39, 0.29) is 13.0 Å². The molecule has 1 amide bonds. The van der Waals surface area contributed by atoms with Crippen LogP contribution >= 0.6 is 11.8 Å². The van der Waals surface area contributed by atoms with Crippen LogP contribution in [0.1, 0.15) is 24.0 Å². The van der Waals surface area contributed by atoms with E-state index in [0.29, 0.717) is 12.2 Å². The Labute approximate surface area is 122 Å². The van der Waals surface area contributed by atoms with Crippen molar-refractivity contribution in [3.05, 3.63) is 23.3 Å². The van der Waals surface area contributed by atoms with Crippen LogP contribution in [0, 0.1) is 13.8 Å². The number of thioether (sulfide) groups is 1. The van der Waals surface area contributed by atoms with Gasteiger partial charge in [0.05, 0.1) is 0 Å². The third kappa shape index (κ3) is 5.13. The normalized spacial score (nSPS) is 10.2. The lowest BCUT2D eigenvalue weighted by Gasteiger charge is -2.11. The minimum atomic E-state index is -0.876.